The molecule has 0 spiro atoms. The summed E-state index contributed by atoms with van der Waals surface area (Å²) in [6, 6.07) is 6.23. The molecule has 8 heteroatoms. The fraction of sp³-hybridized carbons (Fsp3) is 0.357. The predicted octanol–water partition coefficient (Wildman–Crippen LogP) is 0.798. The molecule has 0 bridgehead atoms. The van der Waals surface area contributed by atoms with Crippen LogP contribution < -0.4 is 10.2 Å². The number of para-hydroxylation sites is 2. The van der Waals surface area contributed by atoms with E-state index in [-0.39, 0.29) is 37.3 Å². The van der Waals surface area contributed by atoms with Crippen LogP contribution in [0.3, 0.4) is 0 Å². The molecule has 2 rings (SSSR count). The van der Waals surface area contributed by atoms with Gasteiger partial charge in [-0.3, -0.25) is 24.2 Å². The number of carbonyl (C=O) groups is 3. The molecule has 22 heavy (non-hydrogen) atoms. The summed E-state index contributed by atoms with van der Waals surface area (Å²) in [5.74, 6) is -1.58. The van der Waals surface area contributed by atoms with Crippen molar-refractivity contribution in [2.75, 3.05) is 30.4 Å². The molecule has 1 aliphatic heterocycles. The van der Waals surface area contributed by atoms with Crippen LogP contribution in [0.4, 0.5) is 11.4 Å². The topological polar surface area (TPSA) is 90.0 Å². The molecule has 1 aromatic rings. The molecule has 0 radical (unpaired) electrons. The summed E-state index contributed by atoms with van der Waals surface area (Å²) in [5.41, 5.74) is 1.20. The van der Waals surface area contributed by atoms with E-state index in [9.17, 15) is 14.4 Å². The van der Waals surface area contributed by atoms with Crippen LogP contribution in [-0.2, 0) is 14.4 Å². The summed E-state index contributed by atoms with van der Waals surface area (Å²) in [6.07, 6.45) is 0. The third-order valence-electron chi connectivity index (χ3n) is 3.47. The van der Waals surface area contributed by atoms with Crippen molar-refractivity contribution in [3.8, 4) is 0 Å². The van der Waals surface area contributed by atoms with Crippen molar-refractivity contribution in [1.82, 2.24) is 4.90 Å². The third-order valence-corrected chi connectivity index (χ3v) is 3.47. The highest BCUT2D eigenvalue weighted by Gasteiger charge is 2.28. The lowest BCUT2D eigenvalue weighted by Crippen LogP contribution is -2.48. The second-order valence-electron chi connectivity index (χ2n) is 4.97. The molecule has 1 heterocycles. The van der Waals surface area contributed by atoms with E-state index < -0.39 is 12.0 Å². The standard InChI is InChI=1S/C14H17N3O4.ClH/c1-9(14(20)21)16(2)8-13(19)17-7-12(18)15-10-5-3-4-6-11(10)17;/h3-6,9H,7-8H2,1-2H3,(H,15,18)(H,20,21);1H. The van der Waals surface area contributed by atoms with Gasteiger partial charge in [0.2, 0.25) is 11.8 Å². The zero-order valence-electron chi connectivity index (χ0n) is 12.3. The summed E-state index contributed by atoms with van der Waals surface area (Å²) < 4.78 is 0. The minimum atomic E-state index is -0.998. The largest absolute Gasteiger partial charge is 0.480 e. The average Bonchev–Trinajstić information content (AvgIpc) is 2.45. The first-order chi connectivity index (χ1) is 9.90. The molecule has 1 aromatic carbocycles. The van der Waals surface area contributed by atoms with Gasteiger partial charge in [0, 0.05) is 0 Å². The number of anilines is 2. The van der Waals surface area contributed by atoms with Crippen LogP contribution in [0.5, 0.6) is 0 Å². The summed E-state index contributed by atoms with van der Waals surface area (Å²) in [4.78, 5) is 37.7. The Labute approximate surface area is 134 Å². The number of rotatable bonds is 4. The molecule has 0 aromatic heterocycles. The maximum atomic E-state index is 12.4. The average molecular weight is 328 g/mol. The van der Waals surface area contributed by atoms with Crippen LogP contribution in [0.1, 0.15) is 6.92 Å². The Bertz CT molecular complexity index is 593. The number of nitrogens with one attached hydrogen (secondary N) is 1. The Morgan fingerprint density at radius 2 is 2.05 bits per heavy atom. The Kier molecular flexibility index (Phi) is 5.90. The first kappa shape index (κ1) is 17.9. The fourth-order valence-electron chi connectivity index (χ4n) is 2.08. The SMILES string of the molecule is CC(C(=O)O)N(C)CC(=O)N1CC(=O)Nc2ccccc21.Cl. The summed E-state index contributed by atoms with van der Waals surface area (Å²) in [6.45, 7) is 1.37. The molecular weight excluding hydrogens is 310 g/mol. The number of hydrogen-bond donors (Lipinski definition) is 2. The summed E-state index contributed by atoms with van der Waals surface area (Å²) >= 11 is 0. The maximum Gasteiger partial charge on any atom is 0.320 e. The van der Waals surface area contributed by atoms with Gasteiger partial charge >= 0.3 is 5.97 Å². The van der Waals surface area contributed by atoms with E-state index in [2.05, 4.69) is 5.32 Å². The summed E-state index contributed by atoms with van der Waals surface area (Å²) in [7, 11) is 1.56. The van der Waals surface area contributed by atoms with E-state index in [1.807, 2.05) is 0 Å². The number of benzene rings is 1. The zero-order chi connectivity index (χ0) is 15.6. The molecule has 2 N–H and O–H groups in total. The van der Waals surface area contributed by atoms with E-state index in [4.69, 9.17) is 5.11 Å². The second-order valence-corrected chi connectivity index (χ2v) is 4.97. The lowest BCUT2D eigenvalue weighted by Gasteiger charge is -2.31. The van der Waals surface area contributed by atoms with Crippen LogP contribution in [0.2, 0.25) is 0 Å². The highest BCUT2D eigenvalue weighted by Crippen LogP contribution is 2.28. The number of halogens is 1. The number of carbonyl (C=O) groups excluding carboxylic acids is 2. The minimum Gasteiger partial charge on any atom is -0.480 e. The molecule has 1 aliphatic rings. The molecule has 0 aliphatic carbocycles. The molecule has 0 fully saturated rings. The van der Waals surface area contributed by atoms with E-state index in [1.54, 1.807) is 31.3 Å². The van der Waals surface area contributed by atoms with Crippen molar-refractivity contribution in [2.24, 2.45) is 0 Å². The van der Waals surface area contributed by atoms with Crippen LogP contribution in [0, 0.1) is 0 Å². The highest BCUT2D eigenvalue weighted by atomic mass is 35.5. The van der Waals surface area contributed by atoms with E-state index in [1.165, 1.54) is 16.7 Å². The van der Waals surface area contributed by atoms with Crippen molar-refractivity contribution in [3.05, 3.63) is 24.3 Å². The van der Waals surface area contributed by atoms with Crippen LogP contribution >= 0.6 is 12.4 Å². The van der Waals surface area contributed by atoms with Gasteiger partial charge in [0.15, 0.2) is 0 Å². The molecule has 0 saturated carbocycles. The number of hydrogen-bond acceptors (Lipinski definition) is 4. The van der Waals surface area contributed by atoms with Crippen LogP contribution in [0.15, 0.2) is 24.3 Å². The molecule has 0 saturated heterocycles. The molecule has 2 amide bonds. The second kappa shape index (κ2) is 7.24. The van der Waals surface area contributed by atoms with Crippen molar-refractivity contribution in [2.45, 2.75) is 13.0 Å². The molecule has 1 unspecified atom stereocenters. The number of aliphatic carboxylic acids is 1. The van der Waals surface area contributed by atoms with E-state index >= 15 is 0 Å². The van der Waals surface area contributed by atoms with Gasteiger partial charge in [-0.25, -0.2) is 0 Å². The van der Waals surface area contributed by atoms with Crippen LogP contribution in [-0.4, -0.2) is 54.0 Å². The van der Waals surface area contributed by atoms with Crippen LogP contribution in [0.25, 0.3) is 0 Å². The number of fused-ring (bicyclic) bond motifs is 1. The fourth-order valence-corrected chi connectivity index (χ4v) is 2.08. The quantitative estimate of drug-likeness (QED) is 0.853. The molecule has 7 nitrogen and oxygen atoms in total. The van der Waals surface area contributed by atoms with Gasteiger partial charge < -0.3 is 10.4 Å². The van der Waals surface area contributed by atoms with Gasteiger partial charge in [-0.15, -0.1) is 12.4 Å². The van der Waals surface area contributed by atoms with Gasteiger partial charge in [-0.2, -0.15) is 0 Å². The number of amides is 2. The van der Waals surface area contributed by atoms with Gasteiger partial charge in [0.1, 0.15) is 12.6 Å². The Balaban J connectivity index is 0.00000242. The summed E-state index contributed by atoms with van der Waals surface area (Å²) in [5, 5.41) is 11.6. The van der Waals surface area contributed by atoms with Gasteiger partial charge in [-0.1, -0.05) is 12.1 Å². The minimum absolute atomic E-state index is 0. The third kappa shape index (κ3) is 3.75. The van der Waals surface area contributed by atoms with Crippen molar-refractivity contribution in [1.29, 1.82) is 0 Å². The first-order valence-electron chi connectivity index (χ1n) is 6.52. The molecule has 120 valence electrons. The Morgan fingerprint density at radius 1 is 1.41 bits per heavy atom. The number of likely N-dealkylation sites (N-methyl/N-ethyl adjacent to an activating group) is 1. The van der Waals surface area contributed by atoms with Gasteiger partial charge in [-0.05, 0) is 26.1 Å². The van der Waals surface area contributed by atoms with Gasteiger partial charge in [0.05, 0.1) is 17.9 Å². The monoisotopic (exact) mass is 327 g/mol. The Hall–Kier alpha value is -2.12. The molecule has 1 atom stereocenters. The van der Waals surface area contributed by atoms with E-state index in [0.717, 1.165) is 0 Å². The number of carboxylic acids is 1. The first-order valence-corrected chi connectivity index (χ1v) is 6.52. The number of carboxylic acid groups (broad SMARTS) is 1. The number of nitrogens with zero attached hydrogens (tertiary/aromatic N) is 2. The normalized spacial score (nSPS) is 14.7. The van der Waals surface area contributed by atoms with E-state index in [0.29, 0.717) is 11.4 Å². The van der Waals surface area contributed by atoms with Crippen molar-refractivity contribution >= 4 is 41.6 Å². The maximum absolute atomic E-state index is 12.4. The Morgan fingerprint density at radius 3 is 2.68 bits per heavy atom. The molecular formula is C14H18ClN3O4. The van der Waals surface area contributed by atoms with Gasteiger partial charge in [0.25, 0.3) is 0 Å². The highest BCUT2D eigenvalue weighted by molar-refractivity contribution is 6.10. The van der Waals surface area contributed by atoms with Crippen molar-refractivity contribution < 1.29 is 19.5 Å². The lowest BCUT2D eigenvalue weighted by atomic mass is 10.2. The zero-order valence-corrected chi connectivity index (χ0v) is 13.1. The predicted molar refractivity (Wildman–Crippen MR) is 84.4 cm³/mol. The smallest absolute Gasteiger partial charge is 0.320 e. The van der Waals surface area contributed by atoms with Crippen molar-refractivity contribution in [3.63, 3.8) is 0 Å². The lowest BCUT2D eigenvalue weighted by molar-refractivity contribution is -0.142.